The van der Waals surface area contributed by atoms with Crippen molar-refractivity contribution in [2.75, 3.05) is 14.2 Å². The van der Waals surface area contributed by atoms with Crippen molar-refractivity contribution in [1.82, 2.24) is 14.5 Å². The van der Waals surface area contributed by atoms with Gasteiger partial charge in [-0.2, -0.15) is 0 Å². The number of hydrogen-bond acceptors (Lipinski definition) is 5. The van der Waals surface area contributed by atoms with Crippen molar-refractivity contribution in [3.05, 3.63) is 93.3 Å². The average Bonchev–Trinajstić information content (AvgIpc) is 2.81. The van der Waals surface area contributed by atoms with E-state index in [1.54, 1.807) is 30.9 Å². The Balaban J connectivity index is 1.80. The maximum atomic E-state index is 13.4. The van der Waals surface area contributed by atoms with E-state index in [4.69, 9.17) is 26.1 Å². The Hall–Kier alpha value is -3.38. The lowest BCUT2D eigenvalue weighted by Gasteiger charge is -2.16. The number of methoxy groups -OCH3 is 2. The Kier molecular flexibility index (Phi) is 6.18. The summed E-state index contributed by atoms with van der Waals surface area (Å²) in [5.41, 5.74) is 2.29. The topological polar surface area (TPSA) is 66.2 Å². The van der Waals surface area contributed by atoms with Gasteiger partial charge in [0.15, 0.2) is 5.15 Å². The molecule has 2 heterocycles. The van der Waals surface area contributed by atoms with Crippen LogP contribution >= 0.6 is 11.6 Å². The molecule has 4 aromatic rings. The average molecular weight is 436 g/mol. The van der Waals surface area contributed by atoms with Crippen molar-refractivity contribution < 1.29 is 9.47 Å². The highest BCUT2D eigenvalue weighted by Crippen LogP contribution is 2.26. The van der Waals surface area contributed by atoms with Gasteiger partial charge in [0.05, 0.1) is 26.2 Å². The molecule has 2 aromatic carbocycles. The maximum Gasteiger partial charge on any atom is 0.261 e. The van der Waals surface area contributed by atoms with Crippen LogP contribution in [0.15, 0.2) is 65.6 Å². The van der Waals surface area contributed by atoms with E-state index in [-0.39, 0.29) is 10.7 Å². The van der Waals surface area contributed by atoms with E-state index in [0.717, 1.165) is 12.0 Å². The van der Waals surface area contributed by atoms with Crippen molar-refractivity contribution in [3.63, 3.8) is 0 Å². The molecule has 7 heteroatoms. The van der Waals surface area contributed by atoms with Crippen molar-refractivity contribution in [1.29, 1.82) is 0 Å². The molecule has 0 atom stereocenters. The van der Waals surface area contributed by atoms with Crippen LogP contribution in [0.2, 0.25) is 5.15 Å². The molecule has 0 radical (unpaired) electrons. The Bertz CT molecular complexity index is 1270. The molecule has 2 aromatic heterocycles. The summed E-state index contributed by atoms with van der Waals surface area (Å²) in [7, 11) is 3.20. The van der Waals surface area contributed by atoms with Gasteiger partial charge >= 0.3 is 0 Å². The molecule has 158 valence electrons. The summed E-state index contributed by atoms with van der Waals surface area (Å²) in [5.74, 6) is 1.98. The van der Waals surface area contributed by atoms with Crippen LogP contribution in [0.5, 0.6) is 11.5 Å². The van der Waals surface area contributed by atoms with Gasteiger partial charge in [0.25, 0.3) is 5.56 Å². The first-order valence-electron chi connectivity index (χ1n) is 9.89. The van der Waals surface area contributed by atoms with Crippen molar-refractivity contribution in [3.8, 4) is 11.5 Å². The lowest BCUT2D eigenvalue weighted by atomic mass is 10.1. The third kappa shape index (κ3) is 4.39. The van der Waals surface area contributed by atoms with Crippen LogP contribution in [0.1, 0.15) is 17.0 Å². The van der Waals surface area contributed by atoms with Crippen molar-refractivity contribution >= 4 is 22.5 Å². The molecule has 4 rings (SSSR count). The number of benzene rings is 2. The Morgan fingerprint density at radius 1 is 1.00 bits per heavy atom. The monoisotopic (exact) mass is 435 g/mol. The van der Waals surface area contributed by atoms with E-state index in [0.29, 0.717) is 41.2 Å². The van der Waals surface area contributed by atoms with Gasteiger partial charge in [-0.25, -0.2) is 9.97 Å². The first-order chi connectivity index (χ1) is 15.1. The molecular formula is C24H22ClN3O3. The molecule has 6 nitrogen and oxygen atoms in total. The number of fused-ring (bicyclic) bond motifs is 1. The van der Waals surface area contributed by atoms with Gasteiger partial charge in [-0.15, -0.1) is 0 Å². The molecule has 0 N–H and O–H groups in total. The predicted molar refractivity (Wildman–Crippen MR) is 121 cm³/mol. The maximum absolute atomic E-state index is 13.4. The highest BCUT2D eigenvalue weighted by atomic mass is 35.5. The molecule has 0 saturated heterocycles. The Morgan fingerprint density at radius 2 is 1.81 bits per heavy atom. The van der Waals surface area contributed by atoms with E-state index < -0.39 is 0 Å². The van der Waals surface area contributed by atoms with Crippen LogP contribution in [0.3, 0.4) is 0 Å². The second kappa shape index (κ2) is 9.18. The zero-order chi connectivity index (χ0) is 21.8. The first kappa shape index (κ1) is 20.9. The molecule has 0 aliphatic heterocycles. The second-order valence-electron chi connectivity index (χ2n) is 7.08. The minimum Gasteiger partial charge on any atom is -0.497 e. The molecular weight excluding hydrogens is 414 g/mol. The highest BCUT2D eigenvalue weighted by molar-refractivity contribution is 6.33. The third-order valence-corrected chi connectivity index (χ3v) is 5.49. The summed E-state index contributed by atoms with van der Waals surface area (Å²) in [5, 5.41) is 0.667. The first-order valence-corrected chi connectivity index (χ1v) is 10.3. The van der Waals surface area contributed by atoms with Gasteiger partial charge in [-0.05, 0) is 30.2 Å². The number of nitrogens with zero attached hydrogens (tertiary/aromatic N) is 3. The van der Waals surface area contributed by atoms with E-state index in [1.165, 1.54) is 11.8 Å². The van der Waals surface area contributed by atoms with Gasteiger partial charge in [-0.1, -0.05) is 41.9 Å². The quantitative estimate of drug-likeness (QED) is 0.405. The van der Waals surface area contributed by atoms with E-state index in [2.05, 4.69) is 17.1 Å². The summed E-state index contributed by atoms with van der Waals surface area (Å²) in [4.78, 5) is 22.2. The minimum absolute atomic E-state index is 0.157. The fraction of sp³-hybridized carbons (Fsp3) is 0.208. The number of halogens is 1. The van der Waals surface area contributed by atoms with Crippen LogP contribution in [-0.4, -0.2) is 28.8 Å². The molecule has 0 fully saturated rings. The van der Waals surface area contributed by atoms with Crippen LogP contribution in [-0.2, 0) is 19.4 Å². The Labute approximate surface area is 185 Å². The summed E-state index contributed by atoms with van der Waals surface area (Å²) >= 11 is 6.26. The number of aromatic nitrogens is 3. The lowest BCUT2D eigenvalue weighted by molar-refractivity contribution is 0.390. The predicted octanol–water partition coefficient (Wildman–Crippen LogP) is 4.30. The molecule has 31 heavy (non-hydrogen) atoms. The van der Waals surface area contributed by atoms with Crippen LogP contribution in [0.4, 0.5) is 0 Å². The van der Waals surface area contributed by atoms with Gasteiger partial charge in [-0.3, -0.25) is 9.36 Å². The summed E-state index contributed by atoms with van der Waals surface area (Å²) < 4.78 is 12.5. The third-order valence-electron chi connectivity index (χ3n) is 5.21. The van der Waals surface area contributed by atoms with E-state index in [1.807, 2.05) is 30.3 Å². The fourth-order valence-corrected chi connectivity index (χ4v) is 3.77. The number of hydrogen-bond donors (Lipinski definition) is 0. The fourth-order valence-electron chi connectivity index (χ4n) is 3.57. The van der Waals surface area contributed by atoms with Gasteiger partial charge in [0.2, 0.25) is 0 Å². The number of aryl methyl sites for hydroxylation is 2. The number of rotatable bonds is 7. The van der Waals surface area contributed by atoms with Crippen molar-refractivity contribution in [2.24, 2.45) is 0 Å². The summed E-state index contributed by atoms with van der Waals surface area (Å²) in [6.07, 6.45) is 2.85. The van der Waals surface area contributed by atoms with Crippen LogP contribution < -0.4 is 15.0 Å². The smallest absolute Gasteiger partial charge is 0.261 e. The summed E-state index contributed by atoms with van der Waals surface area (Å²) in [6, 6.07) is 17.3. The van der Waals surface area contributed by atoms with E-state index in [9.17, 15) is 4.79 Å². The molecule has 0 bridgehead atoms. The molecule has 0 unspecified atom stereocenters. The molecule has 0 spiro atoms. The second-order valence-corrected chi connectivity index (χ2v) is 7.44. The highest BCUT2D eigenvalue weighted by Gasteiger charge is 2.16. The number of pyridine rings is 1. The van der Waals surface area contributed by atoms with Crippen molar-refractivity contribution in [2.45, 2.75) is 19.4 Å². The van der Waals surface area contributed by atoms with Gasteiger partial charge in [0.1, 0.15) is 22.8 Å². The zero-order valence-electron chi connectivity index (χ0n) is 17.3. The molecule has 0 amide bonds. The number of ether oxygens (including phenoxy) is 2. The molecule has 0 aliphatic carbocycles. The lowest BCUT2D eigenvalue weighted by Crippen LogP contribution is -2.26. The Morgan fingerprint density at radius 3 is 2.55 bits per heavy atom. The minimum atomic E-state index is -0.157. The van der Waals surface area contributed by atoms with Crippen LogP contribution in [0, 0.1) is 0 Å². The van der Waals surface area contributed by atoms with Crippen LogP contribution in [0.25, 0.3) is 10.9 Å². The van der Waals surface area contributed by atoms with E-state index >= 15 is 0 Å². The SMILES string of the molecule is COc1ccc(Cn2c(CCc3ccccc3)nc3c(Cl)nccc3c2=O)c(OC)c1. The largest absolute Gasteiger partial charge is 0.497 e. The zero-order valence-corrected chi connectivity index (χ0v) is 18.1. The van der Waals surface area contributed by atoms with Gasteiger partial charge in [0, 0.05) is 24.2 Å². The summed E-state index contributed by atoms with van der Waals surface area (Å²) in [6.45, 7) is 0.318. The van der Waals surface area contributed by atoms with Gasteiger partial charge < -0.3 is 9.47 Å². The molecule has 0 aliphatic rings. The standard InChI is InChI=1S/C24H22ClN3O3/c1-30-18-10-9-17(20(14-18)31-2)15-28-21(11-8-16-6-4-3-5-7-16)27-22-19(24(28)29)12-13-26-23(22)25/h3-7,9-10,12-14H,8,11,15H2,1-2H3. The molecule has 0 saturated carbocycles. The normalized spacial score (nSPS) is 10.9.